The number of methoxy groups -OCH3 is 1. The van der Waals surface area contributed by atoms with E-state index in [1.165, 1.54) is 5.56 Å². The van der Waals surface area contributed by atoms with Crippen LogP contribution < -0.4 is 10.6 Å². The first kappa shape index (κ1) is 14.8. The molecule has 0 radical (unpaired) electrons. The lowest BCUT2D eigenvalue weighted by Gasteiger charge is -2.20. The molecule has 0 saturated heterocycles. The number of likely N-dealkylation sites (N-methyl/N-ethyl adjacent to an activating group) is 1. The summed E-state index contributed by atoms with van der Waals surface area (Å²) in [6.45, 7) is 7.60. The lowest BCUT2D eigenvalue weighted by molar-refractivity contribution is 0.206. The summed E-state index contributed by atoms with van der Waals surface area (Å²) in [5.41, 5.74) is 8.98. The van der Waals surface area contributed by atoms with Gasteiger partial charge in [-0.05, 0) is 24.6 Å². The molecule has 16 heavy (non-hydrogen) atoms. The van der Waals surface area contributed by atoms with Crippen molar-refractivity contribution in [3.63, 3.8) is 0 Å². The number of nitrogen functional groups attached to an aromatic ring is 1. The predicted octanol–water partition coefficient (Wildman–Crippen LogP) is 2.69. The smallest absolute Gasteiger partial charge is 0.0637 e. The molecule has 0 aliphatic rings. The topological polar surface area (TPSA) is 38.5 Å². The number of ether oxygens (including phenoxy) is 1. The fourth-order valence-corrected chi connectivity index (χ4v) is 1.37. The van der Waals surface area contributed by atoms with Crippen LogP contribution in [-0.4, -0.2) is 27.3 Å². The lowest BCUT2D eigenvalue weighted by Crippen LogP contribution is -2.22. The van der Waals surface area contributed by atoms with Gasteiger partial charge in [-0.1, -0.05) is 19.9 Å². The van der Waals surface area contributed by atoms with E-state index in [9.17, 15) is 0 Å². The van der Waals surface area contributed by atoms with Gasteiger partial charge in [-0.2, -0.15) is 0 Å². The molecule has 0 unspecified atom stereocenters. The third kappa shape index (κ3) is 4.53. The van der Waals surface area contributed by atoms with Crippen LogP contribution in [0.15, 0.2) is 18.2 Å². The van der Waals surface area contributed by atoms with Gasteiger partial charge in [0.2, 0.25) is 0 Å². The molecule has 0 aliphatic heterocycles. The van der Waals surface area contributed by atoms with Gasteiger partial charge in [0.25, 0.3) is 0 Å². The molecule has 0 aromatic heterocycles. The average molecular weight is 224 g/mol. The molecule has 1 aromatic carbocycles. The van der Waals surface area contributed by atoms with Crippen LogP contribution in [0.4, 0.5) is 11.4 Å². The molecule has 0 amide bonds. The molecule has 0 aliphatic carbocycles. The number of anilines is 2. The first-order valence-corrected chi connectivity index (χ1v) is 5.71. The second-order valence-electron chi connectivity index (χ2n) is 3.48. The quantitative estimate of drug-likeness (QED) is 0.799. The van der Waals surface area contributed by atoms with Gasteiger partial charge in [-0.3, -0.25) is 0 Å². The Kier molecular flexibility index (Phi) is 7.38. The Morgan fingerprint density at radius 3 is 2.44 bits per heavy atom. The van der Waals surface area contributed by atoms with Gasteiger partial charge in [-0.25, -0.2) is 0 Å². The van der Waals surface area contributed by atoms with Gasteiger partial charge in [0.15, 0.2) is 0 Å². The highest BCUT2D eigenvalue weighted by molar-refractivity contribution is 5.68. The maximum absolute atomic E-state index is 5.91. The van der Waals surface area contributed by atoms with E-state index < -0.39 is 0 Å². The Balaban J connectivity index is 0.00000106. The fourth-order valence-electron chi connectivity index (χ4n) is 1.37. The molecule has 1 aromatic rings. The number of hydrogen-bond donors (Lipinski definition) is 1. The Morgan fingerprint density at radius 1 is 1.31 bits per heavy atom. The summed E-state index contributed by atoms with van der Waals surface area (Å²) in [4.78, 5) is 2.10. The molecule has 1 rings (SSSR count). The highest BCUT2D eigenvalue weighted by Crippen LogP contribution is 2.22. The van der Waals surface area contributed by atoms with Crippen molar-refractivity contribution in [2.24, 2.45) is 0 Å². The minimum absolute atomic E-state index is 0.712. The van der Waals surface area contributed by atoms with Gasteiger partial charge in [0.1, 0.15) is 0 Å². The molecule has 92 valence electrons. The molecule has 0 spiro atoms. The van der Waals surface area contributed by atoms with Gasteiger partial charge in [-0.15, -0.1) is 0 Å². The Morgan fingerprint density at radius 2 is 1.94 bits per heavy atom. The zero-order chi connectivity index (χ0) is 12.6. The monoisotopic (exact) mass is 224 g/mol. The van der Waals surface area contributed by atoms with Crippen molar-refractivity contribution in [3.8, 4) is 0 Å². The molecule has 0 heterocycles. The Bertz CT molecular complexity index is 300. The maximum Gasteiger partial charge on any atom is 0.0637 e. The minimum Gasteiger partial charge on any atom is -0.397 e. The van der Waals surface area contributed by atoms with Gasteiger partial charge in [0.05, 0.1) is 18.0 Å². The van der Waals surface area contributed by atoms with Crippen LogP contribution >= 0.6 is 0 Å². The second kappa shape index (κ2) is 7.99. The minimum atomic E-state index is 0.712. The van der Waals surface area contributed by atoms with Crippen LogP contribution in [0.5, 0.6) is 0 Å². The highest BCUT2D eigenvalue weighted by atomic mass is 16.5. The van der Waals surface area contributed by atoms with Crippen molar-refractivity contribution in [1.82, 2.24) is 0 Å². The van der Waals surface area contributed by atoms with Crippen molar-refractivity contribution < 1.29 is 4.74 Å². The van der Waals surface area contributed by atoms with Crippen LogP contribution in [0.1, 0.15) is 19.4 Å². The zero-order valence-electron chi connectivity index (χ0n) is 11.1. The van der Waals surface area contributed by atoms with Crippen LogP contribution in [0.3, 0.4) is 0 Å². The first-order valence-electron chi connectivity index (χ1n) is 5.71. The van der Waals surface area contributed by atoms with Crippen molar-refractivity contribution in [1.29, 1.82) is 0 Å². The summed E-state index contributed by atoms with van der Waals surface area (Å²) in [7, 11) is 3.71. The van der Waals surface area contributed by atoms with E-state index in [4.69, 9.17) is 10.5 Å². The number of benzene rings is 1. The van der Waals surface area contributed by atoms with Crippen molar-refractivity contribution in [2.45, 2.75) is 20.8 Å². The van der Waals surface area contributed by atoms with Crippen LogP contribution in [0.2, 0.25) is 0 Å². The third-order valence-electron chi connectivity index (χ3n) is 2.23. The van der Waals surface area contributed by atoms with Crippen LogP contribution in [0.25, 0.3) is 0 Å². The second-order valence-corrected chi connectivity index (χ2v) is 3.48. The highest BCUT2D eigenvalue weighted by Gasteiger charge is 2.04. The number of nitrogens with zero attached hydrogens (tertiary/aromatic N) is 1. The molecule has 2 N–H and O–H groups in total. The van der Waals surface area contributed by atoms with Crippen LogP contribution in [0, 0.1) is 6.92 Å². The van der Waals surface area contributed by atoms with Crippen molar-refractivity contribution >= 4 is 11.4 Å². The summed E-state index contributed by atoms with van der Waals surface area (Å²) in [6.07, 6.45) is 0. The van der Waals surface area contributed by atoms with Gasteiger partial charge in [0, 0.05) is 20.7 Å². The molecular weight excluding hydrogens is 200 g/mol. The Labute approximate surface area is 99.2 Å². The molecule has 0 fully saturated rings. The number of rotatable bonds is 4. The normalized spacial score (nSPS) is 9.31. The molecule has 3 heteroatoms. The van der Waals surface area contributed by atoms with Gasteiger partial charge >= 0.3 is 0 Å². The molecule has 0 atom stereocenters. The largest absolute Gasteiger partial charge is 0.397 e. The molecular formula is C13H24N2O. The first-order chi connectivity index (χ1) is 7.65. The summed E-state index contributed by atoms with van der Waals surface area (Å²) in [6, 6.07) is 6.09. The molecule has 0 bridgehead atoms. The number of hydrogen-bond acceptors (Lipinski definition) is 3. The summed E-state index contributed by atoms with van der Waals surface area (Å²) >= 11 is 0. The zero-order valence-corrected chi connectivity index (χ0v) is 11.1. The summed E-state index contributed by atoms with van der Waals surface area (Å²) in [5.74, 6) is 0. The van der Waals surface area contributed by atoms with E-state index in [1.807, 2.05) is 40.0 Å². The average Bonchev–Trinajstić information content (AvgIpc) is 2.28. The fraction of sp³-hybridized carbons (Fsp3) is 0.538. The Hall–Kier alpha value is -1.22. The van der Waals surface area contributed by atoms with Crippen molar-refractivity contribution in [2.75, 3.05) is 37.9 Å². The predicted molar refractivity (Wildman–Crippen MR) is 72.1 cm³/mol. The number of aryl methyl sites for hydroxylation is 1. The summed E-state index contributed by atoms with van der Waals surface area (Å²) < 4.78 is 5.02. The standard InChI is InChI=1S/C11H18N2O.C2H6/c1-9-4-5-11(10(12)8-9)13(2)6-7-14-3;1-2/h4-5,8H,6-7,12H2,1-3H3;1-2H3. The molecule has 3 nitrogen and oxygen atoms in total. The van der Waals surface area contributed by atoms with Crippen molar-refractivity contribution in [3.05, 3.63) is 23.8 Å². The van der Waals surface area contributed by atoms with E-state index in [-0.39, 0.29) is 0 Å². The maximum atomic E-state index is 5.91. The van der Waals surface area contributed by atoms with E-state index in [0.29, 0.717) is 6.61 Å². The lowest BCUT2D eigenvalue weighted by atomic mass is 10.2. The number of nitrogens with two attached hydrogens (primary N) is 1. The van der Waals surface area contributed by atoms with E-state index in [1.54, 1.807) is 7.11 Å². The van der Waals surface area contributed by atoms with E-state index in [2.05, 4.69) is 11.0 Å². The van der Waals surface area contributed by atoms with Crippen LogP contribution in [-0.2, 0) is 4.74 Å². The van der Waals surface area contributed by atoms with E-state index >= 15 is 0 Å². The van der Waals surface area contributed by atoms with Gasteiger partial charge < -0.3 is 15.4 Å². The third-order valence-corrected chi connectivity index (χ3v) is 2.23. The molecule has 0 saturated carbocycles. The van der Waals surface area contributed by atoms with E-state index in [0.717, 1.165) is 17.9 Å². The SMILES string of the molecule is CC.COCCN(C)c1ccc(C)cc1N. The summed E-state index contributed by atoms with van der Waals surface area (Å²) in [5, 5.41) is 0.